The molecule has 0 bridgehead atoms. The number of aliphatic hydroxyl groups excluding tert-OH is 1. The predicted molar refractivity (Wildman–Crippen MR) is 60.1 cm³/mol. The summed E-state index contributed by atoms with van der Waals surface area (Å²) in [6.45, 7) is 3.49. The van der Waals surface area contributed by atoms with Crippen LogP contribution < -0.4 is 11.1 Å². The summed E-state index contributed by atoms with van der Waals surface area (Å²) in [5, 5.41) is 11.1. The Bertz CT molecular complexity index is 245. The van der Waals surface area contributed by atoms with Gasteiger partial charge in [0.1, 0.15) is 12.3 Å². The average molecular weight is 248 g/mol. The van der Waals surface area contributed by atoms with Crippen molar-refractivity contribution in [3.63, 3.8) is 0 Å². The van der Waals surface area contributed by atoms with E-state index in [1.807, 2.05) is 6.92 Å². The molecular formula is C10H20N2O5. The van der Waals surface area contributed by atoms with Crippen molar-refractivity contribution >= 4 is 12.2 Å². The third-order valence-corrected chi connectivity index (χ3v) is 1.97. The number of nitrogens with two attached hydrogens (primary N) is 1. The van der Waals surface area contributed by atoms with Crippen LogP contribution in [0.15, 0.2) is 0 Å². The molecule has 0 spiro atoms. The highest BCUT2D eigenvalue weighted by Crippen LogP contribution is 2.07. The molecule has 4 N–H and O–H groups in total. The number of ether oxygens (including phenoxy) is 2. The summed E-state index contributed by atoms with van der Waals surface area (Å²) in [7, 11) is 0. The van der Waals surface area contributed by atoms with Gasteiger partial charge in [0.05, 0.1) is 6.61 Å². The SMILES string of the molecule is CCC(CCCOC(N)=O)OC(=O)N[C@@H](C)O. The molecule has 0 heterocycles. The van der Waals surface area contributed by atoms with Crippen molar-refractivity contribution in [3.8, 4) is 0 Å². The number of amides is 2. The lowest BCUT2D eigenvalue weighted by molar-refractivity contribution is 0.0646. The molecule has 0 aromatic rings. The van der Waals surface area contributed by atoms with Gasteiger partial charge in [0, 0.05) is 0 Å². The van der Waals surface area contributed by atoms with Gasteiger partial charge in [-0.15, -0.1) is 0 Å². The second-order valence-corrected chi connectivity index (χ2v) is 3.57. The van der Waals surface area contributed by atoms with Crippen LogP contribution in [0, 0.1) is 0 Å². The molecule has 0 saturated carbocycles. The second kappa shape index (κ2) is 8.63. The molecule has 0 aliphatic heterocycles. The average Bonchev–Trinajstić information content (AvgIpc) is 2.21. The summed E-state index contributed by atoms with van der Waals surface area (Å²) in [4.78, 5) is 21.5. The number of hydrogen-bond donors (Lipinski definition) is 3. The zero-order chi connectivity index (χ0) is 13.3. The van der Waals surface area contributed by atoms with Crippen LogP contribution in [0.1, 0.15) is 33.1 Å². The van der Waals surface area contributed by atoms with E-state index in [9.17, 15) is 9.59 Å². The van der Waals surface area contributed by atoms with E-state index in [1.165, 1.54) is 6.92 Å². The first-order valence-corrected chi connectivity index (χ1v) is 5.53. The number of carbonyl (C=O) groups excluding carboxylic acids is 2. The molecule has 0 aromatic carbocycles. The lowest BCUT2D eigenvalue weighted by Gasteiger charge is -2.17. The molecule has 0 radical (unpaired) electrons. The van der Waals surface area contributed by atoms with E-state index in [-0.39, 0.29) is 12.7 Å². The van der Waals surface area contributed by atoms with E-state index in [4.69, 9.17) is 15.6 Å². The van der Waals surface area contributed by atoms with E-state index < -0.39 is 18.4 Å². The minimum atomic E-state index is -0.946. The fraction of sp³-hybridized carbons (Fsp3) is 0.800. The number of rotatable bonds is 7. The topological polar surface area (TPSA) is 111 Å². The number of primary amides is 1. The molecule has 2 amide bonds. The Morgan fingerprint density at radius 2 is 2.12 bits per heavy atom. The first-order chi connectivity index (χ1) is 7.95. The molecule has 0 fully saturated rings. The maximum absolute atomic E-state index is 11.2. The lowest BCUT2D eigenvalue weighted by Crippen LogP contribution is -2.35. The van der Waals surface area contributed by atoms with Gasteiger partial charge in [-0.05, 0) is 26.2 Å². The second-order valence-electron chi connectivity index (χ2n) is 3.57. The Hall–Kier alpha value is -1.50. The number of nitrogens with one attached hydrogen (secondary N) is 1. The highest BCUT2D eigenvalue weighted by atomic mass is 16.6. The normalized spacial score (nSPS) is 13.6. The number of carbonyl (C=O) groups is 2. The van der Waals surface area contributed by atoms with Crippen molar-refractivity contribution in [2.45, 2.75) is 45.4 Å². The van der Waals surface area contributed by atoms with Crippen LogP contribution in [0.2, 0.25) is 0 Å². The van der Waals surface area contributed by atoms with Crippen molar-refractivity contribution in [2.24, 2.45) is 5.73 Å². The Kier molecular flexibility index (Phi) is 7.87. The van der Waals surface area contributed by atoms with Gasteiger partial charge in [0.2, 0.25) is 0 Å². The van der Waals surface area contributed by atoms with Gasteiger partial charge in [-0.3, -0.25) is 5.32 Å². The molecule has 0 aliphatic rings. The first kappa shape index (κ1) is 15.5. The maximum Gasteiger partial charge on any atom is 0.409 e. The summed E-state index contributed by atoms with van der Waals surface area (Å²) < 4.78 is 9.58. The fourth-order valence-electron chi connectivity index (χ4n) is 1.19. The van der Waals surface area contributed by atoms with Crippen LogP contribution in [0.3, 0.4) is 0 Å². The van der Waals surface area contributed by atoms with Crippen molar-refractivity contribution in [1.29, 1.82) is 0 Å². The van der Waals surface area contributed by atoms with Crippen LogP contribution in [-0.2, 0) is 9.47 Å². The monoisotopic (exact) mass is 248 g/mol. The summed E-state index contributed by atoms with van der Waals surface area (Å²) in [6, 6.07) is 0. The van der Waals surface area contributed by atoms with Gasteiger partial charge in [0.25, 0.3) is 0 Å². The molecule has 0 rings (SSSR count). The zero-order valence-electron chi connectivity index (χ0n) is 10.1. The van der Waals surface area contributed by atoms with Crippen LogP contribution in [0.25, 0.3) is 0 Å². The predicted octanol–water partition coefficient (Wildman–Crippen LogP) is 0.705. The molecule has 100 valence electrons. The number of alkyl carbamates (subject to hydrolysis) is 1. The van der Waals surface area contributed by atoms with Gasteiger partial charge in [-0.25, -0.2) is 9.59 Å². The van der Waals surface area contributed by atoms with E-state index in [0.29, 0.717) is 19.3 Å². The van der Waals surface area contributed by atoms with Gasteiger partial charge >= 0.3 is 12.2 Å². The van der Waals surface area contributed by atoms with E-state index >= 15 is 0 Å². The Labute approximate surface area is 100 Å². The molecule has 0 aliphatic carbocycles. The van der Waals surface area contributed by atoms with Crippen molar-refractivity contribution < 1.29 is 24.2 Å². The highest BCUT2D eigenvalue weighted by molar-refractivity contribution is 5.67. The van der Waals surface area contributed by atoms with Crippen molar-refractivity contribution in [1.82, 2.24) is 5.32 Å². The Morgan fingerprint density at radius 3 is 2.59 bits per heavy atom. The maximum atomic E-state index is 11.2. The lowest BCUT2D eigenvalue weighted by atomic mass is 10.1. The van der Waals surface area contributed by atoms with Crippen molar-refractivity contribution in [3.05, 3.63) is 0 Å². The molecule has 17 heavy (non-hydrogen) atoms. The van der Waals surface area contributed by atoms with Gasteiger partial charge < -0.3 is 20.3 Å². The number of hydrogen-bond acceptors (Lipinski definition) is 5. The minimum absolute atomic E-state index is 0.202. The van der Waals surface area contributed by atoms with Crippen LogP contribution in [0.5, 0.6) is 0 Å². The van der Waals surface area contributed by atoms with Crippen LogP contribution in [-0.4, -0.2) is 36.2 Å². The molecule has 7 nitrogen and oxygen atoms in total. The van der Waals surface area contributed by atoms with Gasteiger partial charge in [-0.1, -0.05) is 6.92 Å². The smallest absolute Gasteiger partial charge is 0.409 e. The molecule has 0 saturated heterocycles. The van der Waals surface area contributed by atoms with Crippen molar-refractivity contribution in [2.75, 3.05) is 6.61 Å². The third-order valence-electron chi connectivity index (χ3n) is 1.97. The van der Waals surface area contributed by atoms with Gasteiger partial charge in [0.15, 0.2) is 0 Å². The van der Waals surface area contributed by atoms with Crippen LogP contribution in [0.4, 0.5) is 9.59 Å². The summed E-state index contributed by atoms with van der Waals surface area (Å²) in [5.41, 5.74) is 4.79. The Morgan fingerprint density at radius 1 is 1.47 bits per heavy atom. The quantitative estimate of drug-likeness (QED) is 0.453. The summed E-state index contributed by atoms with van der Waals surface area (Å²) >= 11 is 0. The third kappa shape index (κ3) is 9.43. The molecule has 7 heteroatoms. The fourth-order valence-corrected chi connectivity index (χ4v) is 1.19. The molecular weight excluding hydrogens is 228 g/mol. The first-order valence-electron chi connectivity index (χ1n) is 5.53. The summed E-state index contributed by atoms with van der Waals surface area (Å²) in [6.07, 6.45) is -0.929. The largest absolute Gasteiger partial charge is 0.450 e. The molecule has 0 aromatic heterocycles. The standard InChI is InChI=1S/C10H20N2O5/c1-3-8(5-4-6-16-9(11)14)17-10(15)12-7(2)13/h7-8,13H,3-6H2,1-2H3,(H2,11,14)(H,12,15)/t7-,8?/m1/s1. The molecule has 2 atom stereocenters. The van der Waals surface area contributed by atoms with E-state index in [1.54, 1.807) is 0 Å². The van der Waals surface area contributed by atoms with E-state index in [2.05, 4.69) is 10.1 Å². The minimum Gasteiger partial charge on any atom is -0.450 e. The van der Waals surface area contributed by atoms with Crippen LogP contribution >= 0.6 is 0 Å². The van der Waals surface area contributed by atoms with E-state index in [0.717, 1.165) is 0 Å². The van der Waals surface area contributed by atoms with Gasteiger partial charge in [-0.2, -0.15) is 0 Å². The highest BCUT2D eigenvalue weighted by Gasteiger charge is 2.13. The number of aliphatic hydroxyl groups is 1. The Balaban J connectivity index is 3.75. The summed E-state index contributed by atoms with van der Waals surface area (Å²) in [5.74, 6) is 0. The molecule has 1 unspecified atom stereocenters. The zero-order valence-corrected chi connectivity index (χ0v) is 10.1.